The smallest absolute Gasteiger partial charge is 0.294 e. The van der Waals surface area contributed by atoms with Gasteiger partial charge in [-0.3, -0.25) is 19.7 Å². The SMILES string of the molecule is C/C(=C\[C@H](C(C)C)N(C)C(=O)[C@@H](N)C(C)(C)C)C(=O)NCCCCC(NC(C)C)OC=O. The molecule has 4 N–H and O–H groups in total. The van der Waals surface area contributed by atoms with Gasteiger partial charge >= 0.3 is 0 Å². The maximum absolute atomic E-state index is 12.8. The van der Waals surface area contributed by atoms with E-state index in [9.17, 15) is 14.4 Å². The van der Waals surface area contributed by atoms with Crippen LogP contribution in [0.1, 0.15) is 74.7 Å². The highest BCUT2D eigenvalue weighted by Gasteiger charge is 2.33. The number of likely N-dealkylation sites (N-methyl/N-ethyl adjacent to an activating group) is 1. The first kappa shape index (κ1) is 30.1. The highest BCUT2D eigenvalue weighted by molar-refractivity contribution is 5.93. The molecule has 0 fully saturated rings. The molecule has 0 aromatic carbocycles. The predicted octanol–water partition coefficient (Wildman–Crippen LogP) is 2.57. The Bertz CT molecular complexity index is 626. The highest BCUT2D eigenvalue weighted by Crippen LogP contribution is 2.22. The number of rotatable bonds is 14. The van der Waals surface area contributed by atoms with E-state index in [0.29, 0.717) is 25.0 Å². The normalized spacial score (nSPS) is 15.3. The van der Waals surface area contributed by atoms with Crippen molar-refractivity contribution in [3.05, 3.63) is 11.6 Å². The van der Waals surface area contributed by atoms with Crippen molar-refractivity contribution in [2.45, 2.75) is 99.0 Å². The summed E-state index contributed by atoms with van der Waals surface area (Å²) in [5.41, 5.74) is 6.38. The Morgan fingerprint density at radius 3 is 2.19 bits per heavy atom. The van der Waals surface area contributed by atoms with Crippen LogP contribution in [-0.4, -0.2) is 61.1 Å². The van der Waals surface area contributed by atoms with Crippen molar-refractivity contribution in [1.82, 2.24) is 15.5 Å². The van der Waals surface area contributed by atoms with Crippen molar-refractivity contribution in [2.75, 3.05) is 13.6 Å². The molecule has 0 spiro atoms. The molecule has 0 bridgehead atoms. The fourth-order valence-electron chi connectivity index (χ4n) is 3.25. The molecular weight excluding hydrogens is 408 g/mol. The first-order valence-corrected chi connectivity index (χ1v) is 11.6. The van der Waals surface area contributed by atoms with E-state index >= 15 is 0 Å². The molecule has 0 aromatic heterocycles. The van der Waals surface area contributed by atoms with Gasteiger partial charge in [0.1, 0.15) is 0 Å². The maximum Gasteiger partial charge on any atom is 0.294 e. The van der Waals surface area contributed by atoms with E-state index in [1.54, 1.807) is 18.9 Å². The molecule has 3 atom stereocenters. The van der Waals surface area contributed by atoms with Gasteiger partial charge in [-0.25, -0.2) is 0 Å². The van der Waals surface area contributed by atoms with Crippen LogP contribution < -0.4 is 16.4 Å². The van der Waals surface area contributed by atoms with E-state index in [1.807, 2.05) is 54.5 Å². The molecule has 1 unspecified atom stereocenters. The van der Waals surface area contributed by atoms with Crippen molar-refractivity contribution >= 4 is 18.3 Å². The lowest BCUT2D eigenvalue weighted by molar-refractivity contribution is -0.136. The molecule has 8 nitrogen and oxygen atoms in total. The van der Waals surface area contributed by atoms with Crippen LogP contribution in [0.2, 0.25) is 0 Å². The predicted molar refractivity (Wildman–Crippen MR) is 129 cm³/mol. The molecule has 2 amide bonds. The molecule has 32 heavy (non-hydrogen) atoms. The summed E-state index contributed by atoms with van der Waals surface area (Å²) in [6.45, 7) is 16.6. The zero-order chi connectivity index (χ0) is 25.1. The summed E-state index contributed by atoms with van der Waals surface area (Å²) in [6.07, 6.45) is 3.78. The van der Waals surface area contributed by atoms with Gasteiger partial charge < -0.3 is 20.7 Å². The highest BCUT2D eigenvalue weighted by atomic mass is 16.5. The molecule has 0 aliphatic carbocycles. The van der Waals surface area contributed by atoms with Gasteiger partial charge in [0.25, 0.3) is 6.47 Å². The minimum absolute atomic E-state index is 0.127. The number of ether oxygens (including phenoxy) is 1. The van der Waals surface area contributed by atoms with Crippen molar-refractivity contribution in [3.63, 3.8) is 0 Å². The number of amides is 2. The molecule has 0 aromatic rings. The largest absolute Gasteiger partial charge is 0.449 e. The lowest BCUT2D eigenvalue weighted by Gasteiger charge is -2.35. The summed E-state index contributed by atoms with van der Waals surface area (Å²) in [5, 5.41) is 6.10. The topological polar surface area (TPSA) is 114 Å². The number of hydrogen-bond acceptors (Lipinski definition) is 6. The van der Waals surface area contributed by atoms with Crippen LogP contribution in [0.15, 0.2) is 11.6 Å². The Balaban J connectivity index is 4.83. The molecule has 186 valence electrons. The first-order valence-electron chi connectivity index (χ1n) is 11.6. The molecule has 0 aliphatic heterocycles. The fourth-order valence-corrected chi connectivity index (χ4v) is 3.25. The number of nitrogens with zero attached hydrogens (tertiary/aromatic N) is 1. The third-order valence-corrected chi connectivity index (χ3v) is 5.37. The van der Waals surface area contributed by atoms with Crippen molar-refractivity contribution in [2.24, 2.45) is 17.1 Å². The number of nitrogens with one attached hydrogen (secondary N) is 2. The standard InChI is InChI=1S/C24H46N4O4/c1-16(2)19(28(9)23(31)21(25)24(6,7)8)14-18(5)22(30)26-13-11-10-12-20(32-15-29)27-17(3)4/h14-17,19-21,27H,10-13,25H2,1-9H3,(H,26,30)/b18-14+/t19-,20?,21-/m1/s1. The number of carbonyl (C=O) groups is 3. The lowest BCUT2D eigenvalue weighted by atomic mass is 9.86. The van der Waals surface area contributed by atoms with Crippen LogP contribution in [0, 0.1) is 11.3 Å². The number of unbranched alkanes of at least 4 members (excludes halogenated alkanes) is 1. The quantitative estimate of drug-likeness (QED) is 0.161. The van der Waals surface area contributed by atoms with Gasteiger partial charge in [-0.1, -0.05) is 40.7 Å². The third kappa shape index (κ3) is 11.1. The summed E-state index contributed by atoms with van der Waals surface area (Å²) in [4.78, 5) is 37.6. The van der Waals surface area contributed by atoms with Gasteiger partial charge in [-0.15, -0.1) is 0 Å². The van der Waals surface area contributed by atoms with E-state index in [0.717, 1.165) is 12.8 Å². The summed E-state index contributed by atoms with van der Waals surface area (Å²) in [6, 6.07) is -0.636. The number of hydrogen-bond donors (Lipinski definition) is 3. The monoisotopic (exact) mass is 454 g/mol. The van der Waals surface area contributed by atoms with Gasteiger partial charge in [0, 0.05) is 25.2 Å². The average Bonchev–Trinajstić information content (AvgIpc) is 2.68. The van der Waals surface area contributed by atoms with Gasteiger partial charge in [-0.05, 0) is 51.4 Å². The van der Waals surface area contributed by atoms with Gasteiger partial charge in [-0.2, -0.15) is 0 Å². The summed E-state index contributed by atoms with van der Waals surface area (Å²) in [5.74, 6) is -0.164. The number of nitrogens with two attached hydrogens (primary N) is 1. The third-order valence-electron chi connectivity index (χ3n) is 5.37. The van der Waals surface area contributed by atoms with E-state index < -0.39 is 6.04 Å². The molecule has 0 rings (SSSR count). The van der Waals surface area contributed by atoms with Gasteiger partial charge in [0.2, 0.25) is 11.8 Å². The second-order valence-corrected chi connectivity index (χ2v) is 10.2. The zero-order valence-corrected chi connectivity index (χ0v) is 21.5. The lowest BCUT2D eigenvalue weighted by Crippen LogP contribution is -2.52. The average molecular weight is 455 g/mol. The van der Waals surface area contributed by atoms with Crippen LogP contribution in [-0.2, 0) is 19.1 Å². The fraction of sp³-hybridized carbons (Fsp3) is 0.792. The van der Waals surface area contributed by atoms with Crippen LogP contribution in [0.25, 0.3) is 0 Å². The summed E-state index contributed by atoms with van der Waals surface area (Å²) >= 11 is 0. The van der Waals surface area contributed by atoms with E-state index in [2.05, 4.69) is 10.6 Å². The Kier molecular flexibility index (Phi) is 13.4. The second-order valence-electron chi connectivity index (χ2n) is 10.2. The summed E-state index contributed by atoms with van der Waals surface area (Å²) < 4.78 is 5.03. The molecule has 0 aliphatic rings. The molecular formula is C24H46N4O4. The first-order chi connectivity index (χ1) is 14.7. The van der Waals surface area contributed by atoms with E-state index in [4.69, 9.17) is 10.5 Å². The Labute approximate surface area is 194 Å². The zero-order valence-electron chi connectivity index (χ0n) is 21.5. The van der Waals surface area contributed by atoms with Crippen LogP contribution in [0.5, 0.6) is 0 Å². The molecule has 8 heteroatoms. The maximum atomic E-state index is 12.8. The second kappa shape index (κ2) is 14.3. The summed E-state index contributed by atoms with van der Waals surface area (Å²) in [7, 11) is 1.74. The Morgan fingerprint density at radius 2 is 1.72 bits per heavy atom. The van der Waals surface area contributed by atoms with Crippen LogP contribution >= 0.6 is 0 Å². The van der Waals surface area contributed by atoms with Crippen LogP contribution in [0.3, 0.4) is 0 Å². The van der Waals surface area contributed by atoms with Crippen LogP contribution in [0.4, 0.5) is 0 Å². The van der Waals surface area contributed by atoms with Gasteiger partial charge in [0.05, 0.1) is 12.1 Å². The van der Waals surface area contributed by atoms with Gasteiger partial charge in [0.15, 0.2) is 6.23 Å². The minimum atomic E-state index is -0.617. The minimum Gasteiger partial charge on any atom is -0.449 e. The Hall–Kier alpha value is -1.93. The van der Waals surface area contributed by atoms with Crippen molar-refractivity contribution in [3.8, 4) is 0 Å². The molecule has 0 saturated heterocycles. The number of carbonyl (C=O) groups excluding carboxylic acids is 3. The molecule has 0 saturated carbocycles. The van der Waals surface area contributed by atoms with Crippen molar-refractivity contribution < 1.29 is 19.1 Å². The Morgan fingerprint density at radius 1 is 1.12 bits per heavy atom. The molecule has 0 heterocycles. The van der Waals surface area contributed by atoms with E-state index in [-0.39, 0.29) is 41.5 Å². The molecule has 0 radical (unpaired) electrons. The van der Waals surface area contributed by atoms with Crippen molar-refractivity contribution in [1.29, 1.82) is 0 Å². The van der Waals surface area contributed by atoms with E-state index in [1.165, 1.54) is 0 Å².